The van der Waals surface area contributed by atoms with Crippen LogP contribution in [-0.2, 0) is 0 Å². The highest BCUT2D eigenvalue weighted by molar-refractivity contribution is 5.82. The molecule has 0 unspecified atom stereocenters. The van der Waals surface area contributed by atoms with Crippen LogP contribution in [0.4, 0.5) is 5.69 Å². The average Bonchev–Trinajstić information content (AvgIpc) is 2.78. The molecular weight excluding hydrogens is 374 g/mol. The van der Waals surface area contributed by atoms with Gasteiger partial charge in [0.2, 0.25) is 5.96 Å². The third-order valence-corrected chi connectivity index (χ3v) is 4.84. The van der Waals surface area contributed by atoms with Gasteiger partial charge in [-0.05, 0) is 37.1 Å². The molecule has 0 atom stereocenters. The van der Waals surface area contributed by atoms with Gasteiger partial charge in [0.25, 0.3) is 0 Å². The van der Waals surface area contributed by atoms with E-state index in [9.17, 15) is 5.26 Å². The third-order valence-electron chi connectivity index (χ3n) is 4.84. The van der Waals surface area contributed by atoms with Crippen molar-refractivity contribution >= 4 is 11.6 Å². The van der Waals surface area contributed by atoms with Crippen molar-refractivity contribution in [3.05, 3.63) is 54.9 Å². The Hall–Kier alpha value is -3.07. The molecule has 6 heteroatoms. The summed E-state index contributed by atoms with van der Waals surface area (Å²) in [6.45, 7) is 1.41. The van der Waals surface area contributed by atoms with Crippen LogP contribution < -0.4 is 10.5 Å². The number of hydrogen-bond acceptors (Lipinski definition) is 4. The molecular formula is C24H33N5O. The quantitative estimate of drug-likeness (QED) is 0.149. The highest BCUT2D eigenvalue weighted by atomic mass is 16.5. The molecule has 0 aliphatic rings. The van der Waals surface area contributed by atoms with Crippen LogP contribution in [0.1, 0.15) is 57.8 Å². The topological polar surface area (TPSA) is 87.5 Å². The van der Waals surface area contributed by atoms with Gasteiger partial charge in [-0.1, -0.05) is 63.1 Å². The normalized spacial score (nSPS) is 11.1. The zero-order chi connectivity index (χ0) is 21.3. The monoisotopic (exact) mass is 407 g/mol. The molecule has 0 saturated heterocycles. The van der Waals surface area contributed by atoms with Gasteiger partial charge in [0.15, 0.2) is 6.19 Å². The Balaban J connectivity index is 1.43. The van der Waals surface area contributed by atoms with Crippen molar-refractivity contribution in [3.8, 4) is 11.9 Å². The molecule has 1 aromatic carbocycles. The van der Waals surface area contributed by atoms with Crippen LogP contribution in [0.25, 0.3) is 0 Å². The smallest absolute Gasteiger partial charge is 0.209 e. The number of benzene rings is 1. The predicted octanol–water partition coefficient (Wildman–Crippen LogP) is 5.40. The van der Waals surface area contributed by atoms with Crippen molar-refractivity contribution in [1.29, 1.82) is 5.26 Å². The second-order valence-corrected chi connectivity index (χ2v) is 7.27. The summed E-state index contributed by atoms with van der Waals surface area (Å²) in [6, 6.07) is 13.5. The number of ether oxygens (including phenoxy) is 1. The predicted molar refractivity (Wildman–Crippen MR) is 121 cm³/mol. The van der Waals surface area contributed by atoms with E-state index >= 15 is 0 Å². The first-order chi connectivity index (χ1) is 14.8. The van der Waals surface area contributed by atoms with Crippen LogP contribution in [0.3, 0.4) is 0 Å². The van der Waals surface area contributed by atoms with Gasteiger partial charge in [-0.15, -0.1) is 0 Å². The first-order valence-corrected chi connectivity index (χ1v) is 10.9. The minimum absolute atomic E-state index is 0.236. The number of hydrogen-bond donors (Lipinski definition) is 1. The molecule has 0 saturated carbocycles. The van der Waals surface area contributed by atoms with E-state index < -0.39 is 0 Å². The van der Waals surface area contributed by atoms with Crippen LogP contribution in [0, 0.1) is 11.5 Å². The number of nitrogens with zero attached hydrogens (tertiary/aromatic N) is 4. The number of aromatic nitrogens is 1. The van der Waals surface area contributed by atoms with Crippen molar-refractivity contribution in [2.75, 3.05) is 13.2 Å². The lowest BCUT2D eigenvalue weighted by molar-refractivity contribution is 0.304. The first-order valence-electron chi connectivity index (χ1n) is 10.9. The fourth-order valence-electron chi connectivity index (χ4n) is 3.14. The summed E-state index contributed by atoms with van der Waals surface area (Å²) in [4.78, 5) is 9.67. The fraction of sp³-hybridized carbons (Fsp3) is 0.458. The Labute approximate surface area is 180 Å². The van der Waals surface area contributed by atoms with E-state index in [2.05, 4.69) is 16.2 Å². The van der Waals surface area contributed by atoms with E-state index in [-0.39, 0.29) is 5.96 Å². The number of nitriles is 1. The summed E-state index contributed by atoms with van der Waals surface area (Å²) in [6.07, 6.45) is 16.1. The van der Waals surface area contributed by atoms with Gasteiger partial charge >= 0.3 is 0 Å². The Bertz CT molecular complexity index is 758. The van der Waals surface area contributed by atoms with Crippen LogP contribution in [0.2, 0.25) is 0 Å². The number of unbranched alkanes of at least 4 members (excludes halogenated alkanes) is 8. The highest BCUT2D eigenvalue weighted by Gasteiger charge is 2.06. The first kappa shape index (κ1) is 23.2. The van der Waals surface area contributed by atoms with Crippen molar-refractivity contribution in [2.24, 2.45) is 10.7 Å². The zero-order valence-electron chi connectivity index (χ0n) is 17.7. The van der Waals surface area contributed by atoms with Crippen LogP contribution in [0.5, 0.6) is 5.75 Å². The Morgan fingerprint density at radius 3 is 2.13 bits per heavy atom. The molecule has 0 spiro atoms. The van der Waals surface area contributed by atoms with E-state index in [1.165, 1.54) is 43.4 Å². The number of guanidine groups is 1. The van der Waals surface area contributed by atoms with E-state index in [0.717, 1.165) is 31.6 Å². The van der Waals surface area contributed by atoms with Gasteiger partial charge in [0.1, 0.15) is 5.75 Å². The lowest BCUT2D eigenvalue weighted by Gasteiger charge is -2.14. The summed E-state index contributed by atoms with van der Waals surface area (Å²) in [5, 5.41) is 9.29. The molecule has 0 fully saturated rings. The molecule has 0 amide bonds. The number of rotatable bonds is 14. The molecule has 30 heavy (non-hydrogen) atoms. The Morgan fingerprint density at radius 1 is 0.900 bits per heavy atom. The molecule has 0 bridgehead atoms. The van der Waals surface area contributed by atoms with Crippen molar-refractivity contribution < 1.29 is 4.74 Å². The average molecular weight is 408 g/mol. The van der Waals surface area contributed by atoms with E-state index in [0.29, 0.717) is 12.2 Å². The second-order valence-electron chi connectivity index (χ2n) is 7.27. The number of aliphatic imine (C=N–C) groups is 1. The summed E-state index contributed by atoms with van der Waals surface area (Å²) < 4.78 is 5.71. The van der Waals surface area contributed by atoms with Gasteiger partial charge in [-0.2, -0.15) is 5.26 Å². The molecule has 2 aromatic rings. The van der Waals surface area contributed by atoms with Gasteiger partial charge in [0, 0.05) is 18.9 Å². The third kappa shape index (κ3) is 9.92. The lowest BCUT2D eigenvalue weighted by Crippen LogP contribution is -2.34. The van der Waals surface area contributed by atoms with Crippen LogP contribution >= 0.6 is 0 Å². The molecule has 160 valence electrons. The minimum atomic E-state index is 0.236. The molecule has 0 radical (unpaired) electrons. The van der Waals surface area contributed by atoms with Crippen molar-refractivity contribution in [2.45, 2.75) is 57.8 Å². The second kappa shape index (κ2) is 14.9. The highest BCUT2D eigenvalue weighted by Crippen LogP contribution is 2.13. The number of nitrogens with two attached hydrogens (primary N) is 1. The summed E-state index contributed by atoms with van der Waals surface area (Å²) in [5.74, 6) is 1.19. The maximum atomic E-state index is 9.29. The van der Waals surface area contributed by atoms with Crippen LogP contribution in [0.15, 0.2) is 59.9 Å². The molecule has 6 nitrogen and oxygen atoms in total. The maximum absolute atomic E-state index is 9.29. The summed E-state index contributed by atoms with van der Waals surface area (Å²) in [5.41, 5.74) is 6.65. The Morgan fingerprint density at radius 2 is 1.50 bits per heavy atom. The van der Waals surface area contributed by atoms with Gasteiger partial charge < -0.3 is 10.5 Å². The minimum Gasteiger partial charge on any atom is -0.494 e. The van der Waals surface area contributed by atoms with E-state index in [1.54, 1.807) is 24.5 Å². The molecule has 0 aliphatic carbocycles. The molecule has 0 aliphatic heterocycles. The summed E-state index contributed by atoms with van der Waals surface area (Å²) >= 11 is 0. The van der Waals surface area contributed by atoms with Gasteiger partial charge in [0.05, 0.1) is 12.3 Å². The molecule has 1 heterocycles. The molecule has 2 rings (SSSR count). The SMILES string of the molecule is N#CN(CCCCCCCCCCCOc1ccccc1)C(N)=Nc1ccncc1. The number of pyridine rings is 1. The van der Waals surface area contributed by atoms with Crippen LogP contribution in [-0.4, -0.2) is 29.0 Å². The molecule has 1 aromatic heterocycles. The standard InChI is InChI=1S/C24H33N5O/c25-21-29(24(26)28-22-15-17-27-18-16-22)19-11-6-4-2-1-3-5-7-12-20-30-23-13-9-8-10-14-23/h8-10,13-18H,1-7,11-12,19-20H2,(H2,26,27,28). The fourth-order valence-corrected chi connectivity index (χ4v) is 3.14. The van der Waals surface area contributed by atoms with Crippen molar-refractivity contribution in [1.82, 2.24) is 9.88 Å². The van der Waals surface area contributed by atoms with E-state index in [4.69, 9.17) is 10.5 Å². The number of para-hydroxylation sites is 1. The lowest BCUT2D eigenvalue weighted by atomic mass is 10.1. The maximum Gasteiger partial charge on any atom is 0.209 e. The van der Waals surface area contributed by atoms with Crippen molar-refractivity contribution in [3.63, 3.8) is 0 Å². The largest absolute Gasteiger partial charge is 0.494 e. The zero-order valence-corrected chi connectivity index (χ0v) is 17.7. The van der Waals surface area contributed by atoms with Gasteiger partial charge in [-0.25, -0.2) is 9.89 Å². The Kier molecular flexibility index (Phi) is 11.5. The van der Waals surface area contributed by atoms with Gasteiger partial charge in [-0.3, -0.25) is 4.98 Å². The van der Waals surface area contributed by atoms with E-state index in [1.807, 2.05) is 30.3 Å². The molecule has 2 N–H and O–H groups in total. The summed E-state index contributed by atoms with van der Waals surface area (Å²) in [7, 11) is 0.